The number of aliphatic hydroxyl groups is 3. The summed E-state index contributed by atoms with van der Waals surface area (Å²) in [6.45, 7) is 0.878. The molecule has 2 aromatic carbocycles. The fraction of sp³-hybridized carbons (Fsp3) is 0.333. The topological polar surface area (TPSA) is 258 Å². The largest absolute Gasteiger partial charge is 0.508 e. The summed E-state index contributed by atoms with van der Waals surface area (Å²) in [6, 6.07) is 15.3. The first-order valence-corrected chi connectivity index (χ1v) is 17.8. The van der Waals surface area contributed by atoms with Crippen molar-refractivity contribution in [3.63, 3.8) is 0 Å². The molecular formula is C36H39N13O6. The number of carbonyl (C=O) groups excluding carboxylic acids is 1. The van der Waals surface area contributed by atoms with Crippen LogP contribution < -0.4 is 20.9 Å². The Bertz CT molecular complexity index is 2210. The van der Waals surface area contributed by atoms with Crippen molar-refractivity contribution in [1.29, 1.82) is 0 Å². The van der Waals surface area contributed by atoms with E-state index < -0.39 is 30.9 Å². The molecule has 2 amide bonds. The van der Waals surface area contributed by atoms with E-state index in [0.29, 0.717) is 54.7 Å². The Hall–Kier alpha value is -6.44. The molecule has 5 heterocycles. The lowest BCUT2D eigenvalue weighted by Crippen LogP contribution is -2.40. The van der Waals surface area contributed by atoms with Gasteiger partial charge in [0.25, 0.3) is 0 Å². The Labute approximate surface area is 313 Å². The molecule has 0 spiro atoms. The second-order valence-electron chi connectivity index (χ2n) is 13.6. The van der Waals surface area contributed by atoms with Crippen LogP contribution in [0.4, 0.5) is 22.2 Å². The molecular weight excluding hydrogens is 710 g/mol. The predicted octanol–water partition coefficient (Wildman–Crippen LogP) is 1.66. The van der Waals surface area contributed by atoms with Gasteiger partial charge in [0.15, 0.2) is 22.8 Å². The lowest BCUT2D eigenvalue weighted by atomic mass is 9.91. The number of phenolic OH excluding ortho intramolecular Hbond substituents is 2. The van der Waals surface area contributed by atoms with Crippen LogP contribution in [0.2, 0.25) is 0 Å². The number of imidazole rings is 1. The van der Waals surface area contributed by atoms with Crippen LogP contribution >= 0.6 is 0 Å². The van der Waals surface area contributed by atoms with E-state index in [1.54, 1.807) is 59.7 Å². The van der Waals surface area contributed by atoms with Crippen LogP contribution in [0.5, 0.6) is 11.5 Å². The molecule has 0 bridgehead atoms. The number of hydrogen-bond donors (Lipinski definition) is 8. The molecule has 5 atom stereocenters. The van der Waals surface area contributed by atoms with Gasteiger partial charge >= 0.3 is 6.03 Å². The zero-order valence-electron chi connectivity index (χ0n) is 29.3. The van der Waals surface area contributed by atoms with Crippen LogP contribution in [-0.2, 0) is 6.61 Å². The van der Waals surface area contributed by atoms with Crippen molar-refractivity contribution in [1.82, 2.24) is 50.0 Å². The van der Waals surface area contributed by atoms with Crippen molar-refractivity contribution in [3.05, 3.63) is 96.3 Å². The highest BCUT2D eigenvalue weighted by Crippen LogP contribution is 2.40. The molecule has 0 radical (unpaired) electrons. The molecule has 2 fully saturated rings. The number of rotatable bonds is 11. The van der Waals surface area contributed by atoms with E-state index in [4.69, 9.17) is 15.0 Å². The van der Waals surface area contributed by atoms with Gasteiger partial charge in [-0.25, -0.2) is 9.78 Å². The molecule has 1 aliphatic carbocycles. The molecule has 1 saturated heterocycles. The second kappa shape index (κ2) is 15.1. The number of fused-ring (bicyclic) bond motifs is 1. The Morgan fingerprint density at radius 2 is 1.67 bits per heavy atom. The molecule has 55 heavy (non-hydrogen) atoms. The average molecular weight is 750 g/mol. The maximum atomic E-state index is 12.8. The number of carbonyl (C=O) groups is 1. The van der Waals surface area contributed by atoms with Crippen LogP contribution in [0.25, 0.3) is 11.2 Å². The van der Waals surface area contributed by atoms with Crippen LogP contribution in [0.1, 0.15) is 47.8 Å². The van der Waals surface area contributed by atoms with E-state index >= 15 is 0 Å². The third-order valence-corrected chi connectivity index (χ3v) is 10.1. The van der Waals surface area contributed by atoms with Gasteiger partial charge in [0, 0.05) is 37.8 Å². The Morgan fingerprint density at radius 3 is 2.35 bits per heavy atom. The summed E-state index contributed by atoms with van der Waals surface area (Å²) in [5.41, 5.74) is 3.22. The molecule has 19 heteroatoms. The number of phenols is 2. The predicted molar refractivity (Wildman–Crippen MR) is 197 cm³/mol. The third kappa shape index (κ3) is 7.39. The summed E-state index contributed by atoms with van der Waals surface area (Å²) in [4.78, 5) is 34.6. The minimum absolute atomic E-state index is 0.0946. The maximum absolute atomic E-state index is 12.8. The average Bonchev–Trinajstić information content (AvgIpc) is 4.01. The molecule has 284 valence electrons. The summed E-state index contributed by atoms with van der Waals surface area (Å²) >= 11 is 0. The smallest absolute Gasteiger partial charge is 0.319 e. The number of urea groups is 1. The van der Waals surface area contributed by atoms with Gasteiger partial charge in [0.05, 0.1) is 24.3 Å². The zero-order chi connectivity index (χ0) is 38.1. The Kier molecular flexibility index (Phi) is 9.79. The van der Waals surface area contributed by atoms with Crippen LogP contribution in [0.15, 0.2) is 79.4 Å². The van der Waals surface area contributed by atoms with Gasteiger partial charge in [-0.3, -0.25) is 4.98 Å². The molecule has 6 aromatic rings. The minimum atomic E-state index is -1.25. The quantitative estimate of drug-likeness (QED) is 0.0937. The van der Waals surface area contributed by atoms with Gasteiger partial charge < -0.3 is 51.0 Å². The summed E-state index contributed by atoms with van der Waals surface area (Å²) in [6.07, 6.45) is 3.09. The standard InChI is InChI=1S/C36H39N13O6/c50-18-29-44-46-49(45-29)28-14-27(31(53)32(28)54)48-19-39-30-33(38-16-26(20-3-7-24(51)8-4-20)21-5-9-25(52)10-6-21)42-35(43-34(30)48)47-13-11-23(17-47)41-36(55)40-22-2-1-12-37-15-22/h1-10,12,15,19,23,26-28,31-32,50-54H,11,13-14,16-18H2,(H,38,42,43)(H2,40,41,55)/t23?,27-,28+,31+,32-/m1/s1. The number of tetrazole rings is 1. The summed E-state index contributed by atoms with van der Waals surface area (Å²) in [7, 11) is 0. The zero-order valence-corrected chi connectivity index (χ0v) is 29.3. The van der Waals surface area contributed by atoms with Gasteiger partial charge in [0.2, 0.25) is 5.95 Å². The molecule has 1 unspecified atom stereocenters. The highest BCUT2D eigenvalue weighted by molar-refractivity contribution is 5.89. The lowest BCUT2D eigenvalue weighted by Gasteiger charge is -2.22. The normalized spacial score (nSPS) is 21.0. The van der Waals surface area contributed by atoms with Crippen LogP contribution in [0.3, 0.4) is 0 Å². The fourth-order valence-corrected chi connectivity index (χ4v) is 7.25. The Morgan fingerprint density at radius 1 is 0.945 bits per heavy atom. The van der Waals surface area contributed by atoms with Crippen LogP contribution in [-0.4, -0.2) is 114 Å². The molecule has 8 N–H and O–H groups in total. The van der Waals surface area contributed by atoms with Gasteiger partial charge in [-0.2, -0.15) is 14.8 Å². The monoisotopic (exact) mass is 749 g/mol. The van der Waals surface area contributed by atoms with Crippen LogP contribution in [0, 0.1) is 0 Å². The number of aromatic nitrogens is 9. The van der Waals surface area contributed by atoms with Crippen molar-refractivity contribution in [2.45, 2.75) is 55.7 Å². The first-order valence-electron chi connectivity index (χ1n) is 17.8. The number of aliphatic hydroxyl groups excluding tert-OH is 3. The third-order valence-electron chi connectivity index (χ3n) is 10.1. The van der Waals surface area contributed by atoms with E-state index in [2.05, 4.69) is 36.3 Å². The Balaban J connectivity index is 1.11. The summed E-state index contributed by atoms with van der Waals surface area (Å²) in [5, 5.41) is 73.1. The molecule has 8 rings (SSSR count). The number of hydrogen-bond acceptors (Lipinski definition) is 15. The maximum Gasteiger partial charge on any atom is 0.319 e. The van der Waals surface area contributed by atoms with E-state index in [-0.39, 0.29) is 41.7 Å². The second-order valence-corrected chi connectivity index (χ2v) is 13.6. The first kappa shape index (κ1) is 35.6. The van der Waals surface area contributed by atoms with Gasteiger partial charge in [-0.15, -0.1) is 10.2 Å². The highest BCUT2D eigenvalue weighted by Gasteiger charge is 2.45. The molecule has 1 aliphatic heterocycles. The number of pyridine rings is 1. The number of nitrogens with zero attached hydrogens (tertiary/aromatic N) is 10. The van der Waals surface area contributed by atoms with Crippen molar-refractivity contribution >= 4 is 34.6 Å². The van der Waals surface area contributed by atoms with Crippen molar-refractivity contribution in [2.24, 2.45) is 0 Å². The fourth-order valence-electron chi connectivity index (χ4n) is 7.25. The van der Waals surface area contributed by atoms with Gasteiger partial charge in [-0.05, 0) is 65.6 Å². The number of aromatic hydroxyl groups is 2. The number of benzene rings is 2. The van der Waals surface area contributed by atoms with E-state index in [9.17, 15) is 30.3 Å². The van der Waals surface area contributed by atoms with E-state index in [1.165, 1.54) is 4.80 Å². The van der Waals surface area contributed by atoms with Crippen molar-refractivity contribution < 1.29 is 30.3 Å². The van der Waals surface area contributed by atoms with Gasteiger partial charge in [-0.1, -0.05) is 24.3 Å². The number of anilines is 3. The van der Waals surface area contributed by atoms with Gasteiger partial charge in [0.1, 0.15) is 36.4 Å². The molecule has 2 aliphatic rings. The molecule has 19 nitrogen and oxygen atoms in total. The highest BCUT2D eigenvalue weighted by atomic mass is 16.3. The van der Waals surface area contributed by atoms with E-state index in [0.717, 1.165) is 11.1 Å². The first-order chi connectivity index (χ1) is 26.7. The molecule has 4 aromatic heterocycles. The SMILES string of the molecule is O=C(Nc1cccnc1)NC1CCN(c2nc(NCC(c3ccc(O)cc3)c3ccc(O)cc3)c3ncn([C@@H]4C[C@H](n5nnc(CO)n5)[C@@H](O)[C@H]4O)c3n2)C1. The summed E-state index contributed by atoms with van der Waals surface area (Å²) in [5.74, 6) is 0.921. The van der Waals surface area contributed by atoms with Crippen molar-refractivity contribution in [2.75, 3.05) is 35.2 Å². The lowest BCUT2D eigenvalue weighted by molar-refractivity contribution is 0.00469. The number of nitrogens with one attached hydrogen (secondary N) is 3. The summed E-state index contributed by atoms with van der Waals surface area (Å²) < 4.78 is 1.72. The number of amides is 2. The van der Waals surface area contributed by atoms with Crippen molar-refractivity contribution in [3.8, 4) is 11.5 Å². The molecule has 1 saturated carbocycles. The minimum Gasteiger partial charge on any atom is -0.508 e. The van der Waals surface area contributed by atoms with E-state index in [1.807, 2.05) is 29.2 Å².